The van der Waals surface area contributed by atoms with E-state index in [0.29, 0.717) is 22.4 Å². The van der Waals surface area contributed by atoms with E-state index in [9.17, 15) is 14.4 Å². The highest BCUT2D eigenvalue weighted by molar-refractivity contribution is 5.94. The molecule has 8 nitrogen and oxygen atoms in total. The van der Waals surface area contributed by atoms with Crippen molar-refractivity contribution in [3.05, 3.63) is 58.5 Å². The second kappa shape index (κ2) is 7.59. The fourth-order valence-electron chi connectivity index (χ4n) is 2.63. The minimum Gasteiger partial charge on any atom is -0.444 e. The van der Waals surface area contributed by atoms with E-state index < -0.39 is 11.7 Å². The SMILES string of the molecule is CC(C)(C)OC(=O)Nc1ccc(CC(=O)Nc2ccc3[nH]c(=O)[nH]c3c2)cc1. The maximum Gasteiger partial charge on any atom is 0.412 e. The van der Waals surface area contributed by atoms with Gasteiger partial charge in [0.1, 0.15) is 5.60 Å². The molecule has 8 heteroatoms. The van der Waals surface area contributed by atoms with Crippen molar-refractivity contribution in [2.75, 3.05) is 10.6 Å². The Kier molecular flexibility index (Phi) is 5.21. The molecule has 0 spiro atoms. The van der Waals surface area contributed by atoms with Gasteiger partial charge in [-0.2, -0.15) is 0 Å². The summed E-state index contributed by atoms with van der Waals surface area (Å²) in [6.45, 7) is 5.37. The number of amides is 2. The molecule has 0 fully saturated rings. The van der Waals surface area contributed by atoms with E-state index >= 15 is 0 Å². The molecule has 0 saturated heterocycles. The first-order chi connectivity index (χ1) is 13.2. The monoisotopic (exact) mass is 382 g/mol. The van der Waals surface area contributed by atoms with Crippen molar-refractivity contribution < 1.29 is 14.3 Å². The van der Waals surface area contributed by atoms with E-state index in [1.165, 1.54) is 0 Å². The predicted molar refractivity (Wildman–Crippen MR) is 108 cm³/mol. The summed E-state index contributed by atoms with van der Waals surface area (Å²) in [7, 11) is 0. The number of rotatable bonds is 4. The molecule has 0 radical (unpaired) electrons. The first-order valence-electron chi connectivity index (χ1n) is 8.79. The lowest BCUT2D eigenvalue weighted by Gasteiger charge is -2.19. The summed E-state index contributed by atoms with van der Waals surface area (Å²) in [6, 6.07) is 12.1. The topological polar surface area (TPSA) is 116 Å². The van der Waals surface area contributed by atoms with Gasteiger partial charge in [-0.15, -0.1) is 0 Å². The third-order valence-corrected chi connectivity index (χ3v) is 3.76. The fourth-order valence-corrected chi connectivity index (χ4v) is 2.63. The van der Waals surface area contributed by atoms with Crippen LogP contribution in [0.15, 0.2) is 47.3 Å². The summed E-state index contributed by atoms with van der Waals surface area (Å²) in [5, 5.41) is 5.44. The number of H-pyrrole nitrogens is 2. The van der Waals surface area contributed by atoms with Crippen LogP contribution in [0.2, 0.25) is 0 Å². The van der Waals surface area contributed by atoms with Crippen molar-refractivity contribution in [2.45, 2.75) is 32.8 Å². The average molecular weight is 382 g/mol. The van der Waals surface area contributed by atoms with Gasteiger partial charge >= 0.3 is 11.8 Å². The Hall–Kier alpha value is -3.55. The quantitative estimate of drug-likeness (QED) is 0.553. The number of benzene rings is 2. The number of fused-ring (bicyclic) bond motifs is 1. The van der Waals surface area contributed by atoms with Crippen LogP contribution in [-0.2, 0) is 16.0 Å². The van der Waals surface area contributed by atoms with E-state index in [2.05, 4.69) is 20.6 Å². The van der Waals surface area contributed by atoms with Gasteiger partial charge in [0, 0.05) is 11.4 Å². The average Bonchev–Trinajstić information content (AvgIpc) is 2.94. The first-order valence-corrected chi connectivity index (χ1v) is 8.79. The number of carbonyl (C=O) groups excluding carboxylic acids is 2. The van der Waals surface area contributed by atoms with Crippen LogP contribution < -0.4 is 16.3 Å². The lowest BCUT2D eigenvalue weighted by molar-refractivity contribution is -0.115. The van der Waals surface area contributed by atoms with Crippen LogP contribution in [0.5, 0.6) is 0 Å². The van der Waals surface area contributed by atoms with Gasteiger partial charge in [-0.3, -0.25) is 10.1 Å². The minimum absolute atomic E-state index is 0.175. The van der Waals surface area contributed by atoms with Gasteiger partial charge in [0.05, 0.1) is 17.5 Å². The van der Waals surface area contributed by atoms with Gasteiger partial charge in [0.15, 0.2) is 0 Å². The van der Waals surface area contributed by atoms with Crippen LogP contribution in [0.25, 0.3) is 11.0 Å². The van der Waals surface area contributed by atoms with Gasteiger partial charge in [-0.05, 0) is 56.7 Å². The Morgan fingerprint density at radius 3 is 2.25 bits per heavy atom. The maximum absolute atomic E-state index is 12.3. The molecule has 146 valence electrons. The maximum atomic E-state index is 12.3. The number of carbonyl (C=O) groups is 2. The Morgan fingerprint density at radius 2 is 1.57 bits per heavy atom. The van der Waals surface area contributed by atoms with Crippen LogP contribution in [0.3, 0.4) is 0 Å². The molecule has 3 aromatic rings. The van der Waals surface area contributed by atoms with Crippen molar-refractivity contribution in [2.24, 2.45) is 0 Å². The smallest absolute Gasteiger partial charge is 0.412 e. The summed E-state index contributed by atoms with van der Waals surface area (Å²) in [6.07, 6.45) is -0.356. The van der Waals surface area contributed by atoms with Crippen molar-refractivity contribution >= 4 is 34.4 Å². The van der Waals surface area contributed by atoms with E-state index in [1.807, 2.05) is 0 Å². The highest BCUT2D eigenvalue weighted by Crippen LogP contribution is 2.16. The van der Waals surface area contributed by atoms with E-state index in [4.69, 9.17) is 4.74 Å². The summed E-state index contributed by atoms with van der Waals surface area (Å²) in [5.74, 6) is -0.190. The lowest BCUT2D eigenvalue weighted by Crippen LogP contribution is -2.27. The number of ether oxygens (including phenoxy) is 1. The Bertz CT molecular complexity index is 1060. The van der Waals surface area contributed by atoms with Crippen LogP contribution >= 0.6 is 0 Å². The second-order valence-electron chi connectivity index (χ2n) is 7.39. The molecule has 0 aliphatic heterocycles. The molecule has 28 heavy (non-hydrogen) atoms. The Labute approximate surface area is 161 Å². The summed E-state index contributed by atoms with van der Waals surface area (Å²) < 4.78 is 5.20. The summed E-state index contributed by atoms with van der Waals surface area (Å²) in [5.41, 5.74) is 2.41. The second-order valence-corrected chi connectivity index (χ2v) is 7.39. The van der Waals surface area contributed by atoms with Gasteiger partial charge < -0.3 is 20.0 Å². The number of hydrogen-bond donors (Lipinski definition) is 4. The molecule has 1 aromatic heterocycles. The van der Waals surface area contributed by atoms with Crippen molar-refractivity contribution in [3.8, 4) is 0 Å². The van der Waals surface area contributed by atoms with Gasteiger partial charge in [-0.25, -0.2) is 9.59 Å². The zero-order chi connectivity index (χ0) is 20.3. The molecule has 0 atom stereocenters. The predicted octanol–water partition coefficient (Wildman–Crippen LogP) is 3.38. The number of anilines is 2. The third-order valence-electron chi connectivity index (χ3n) is 3.76. The molecule has 4 N–H and O–H groups in total. The van der Waals surface area contributed by atoms with Gasteiger partial charge in [0.25, 0.3) is 0 Å². The standard InChI is InChI=1S/C20H22N4O4/c1-20(2,3)28-19(27)22-13-6-4-12(5-7-13)10-17(25)21-14-8-9-15-16(11-14)24-18(26)23-15/h4-9,11H,10H2,1-3H3,(H,21,25)(H,22,27)(H2,23,24,26). The normalized spacial score (nSPS) is 11.2. The molecular formula is C20H22N4O4. The van der Waals surface area contributed by atoms with Crippen LogP contribution in [0.4, 0.5) is 16.2 Å². The lowest BCUT2D eigenvalue weighted by atomic mass is 10.1. The molecule has 2 amide bonds. The largest absolute Gasteiger partial charge is 0.444 e. The molecular weight excluding hydrogens is 360 g/mol. The molecule has 0 saturated carbocycles. The zero-order valence-corrected chi connectivity index (χ0v) is 15.9. The Morgan fingerprint density at radius 1 is 0.929 bits per heavy atom. The third kappa shape index (κ3) is 5.23. The number of imidazole rings is 1. The molecule has 0 bridgehead atoms. The highest BCUT2D eigenvalue weighted by atomic mass is 16.6. The molecule has 0 aliphatic carbocycles. The number of aromatic nitrogens is 2. The minimum atomic E-state index is -0.571. The van der Waals surface area contributed by atoms with Gasteiger partial charge in [0.2, 0.25) is 5.91 Å². The summed E-state index contributed by atoms with van der Waals surface area (Å²) in [4.78, 5) is 40.6. The summed E-state index contributed by atoms with van der Waals surface area (Å²) >= 11 is 0. The van der Waals surface area contributed by atoms with E-state index in [-0.39, 0.29) is 18.0 Å². The van der Waals surface area contributed by atoms with E-state index in [1.54, 1.807) is 63.2 Å². The Balaban J connectivity index is 1.57. The fraction of sp³-hybridized carbons (Fsp3) is 0.250. The van der Waals surface area contributed by atoms with Gasteiger partial charge in [-0.1, -0.05) is 12.1 Å². The molecule has 1 heterocycles. The number of hydrogen-bond acceptors (Lipinski definition) is 4. The van der Waals surface area contributed by atoms with Crippen molar-refractivity contribution in [3.63, 3.8) is 0 Å². The number of nitrogens with one attached hydrogen (secondary N) is 4. The molecule has 3 rings (SSSR count). The molecule has 2 aromatic carbocycles. The van der Waals surface area contributed by atoms with Crippen LogP contribution in [0, 0.1) is 0 Å². The molecule has 0 unspecified atom stereocenters. The zero-order valence-electron chi connectivity index (χ0n) is 15.9. The van der Waals surface area contributed by atoms with Crippen LogP contribution in [0.1, 0.15) is 26.3 Å². The highest BCUT2D eigenvalue weighted by Gasteiger charge is 2.16. The van der Waals surface area contributed by atoms with Crippen molar-refractivity contribution in [1.29, 1.82) is 0 Å². The number of aromatic amines is 2. The van der Waals surface area contributed by atoms with Crippen molar-refractivity contribution in [1.82, 2.24) is 9.97 Å². The first kappa shape index (κ1) is 19.2. The van der Waals surface area contributed by atoms with Crippen LogP contribution in [-0.4, -0.2) is 27.6 Å². The van der Waals surface area contributed by atoms with E-state index in [0.717, 1.165) is 5.56 Å². The molecule has 0 aliphatic rings.